The molecular formula is C54H95O12P. The van der Waals surface area contributed by atoms with E-state index in [2.05, 4.69) is 86.8 Å². The van der Waals surface area contributed by atoms with E-state index in [1.54, 1.807) is 0 Å². The zero-order valence-electron chi connectivity index (χ0n) is 41.7. The average molecular weight is 967 g/mol. The number of aliphatic hydroxyl groups is 5. The first-order chi connectivity index (χ1) is 32.5. The van der Waals surface area contributed by atoms with Crippen molar-refractivity contribution in [1.29, 1.82) is 0 Å². The number of ether oxygens (including phenoxy) is 2. The number of hydrogen-bond acceptors (Lipinski definition) is 11. The normalized spacial score (nSPS) is 21.9. The number of phosphoric acid groups is 1. The second kappa shape index (κ2) is 43.8. The molecule has 6 unspecified atom stereocenters. The maximum atomic E-state index is 12.9. The predicted molar refractivity (Wildman–Crippen MR) is 271 cm³/mol. The SMILES string of the molecule is CC/C=C\C/C=C\C/C=C\C/C=C\C/C=C\CCCCCCCC(=O)OC(COCCCCCCCCCC/C=C\CCCCCCCCC)COP(=O)(O)OC1C(O)C(O)C(O)C(O)C1O. The number of allylic oxidation sites excluding steroid dienone is 12. The molecule has 0 bridgehead atoms. The van der Waals surface area contributed by atoms with Crippen molar-refractivity contribution >= 4 is 13.8 Å². The Kier molecular flexibility index (Phi) is 41.0. The summed E-state index contributed by atoms with van der Waals surface area (Å²) in [7, 11) is -5.03. The molecule has 0 aromatic rings. The summed E-state index contributed by atoms with van der Waals surface area (Å²) < 4.78 is 34.3. The molecule has 12 nitrogen and oxygen atoms in total. The van der Waals surface area contributed by atoms with Crippen LogP contribution in [0.25, 0.3) is 0 Å². The number of rotatable bonds is 44. The van der Waals surface area contributed by atoms with Crippen molar-refractivity contribution in [3.63, 3.8) is 0 Å². The van der Waals surface area contributed by atoms with Crippen molar-refractivity contribution in [2.45, 2.75) is 243 Å². The lowest BCUT2D eigenvalue weighted by molar-refractivity contribution is -0.220. The van der Waals surface area contributed by atoms with Gasteiger partial charge in [-0.15, -0.1) is 0 Å². The molecule has 13 heteroatoms. The van der Waals surface area contributed by atoms with E-state index in [0.717, 1.165) is 96.3 Å². The maximum Gasteiger partial charge on any atom is 0.472 e. The highest BCUT2D eigenvalue weighted by molar-refractivity contribution is 7.47. The molecule has 1 aliphatic carbocycles. The van der Waals surface area contributed by atoms with E-state index in [1.165, 1.54) is 77.0 Å². The molecule has 388 valence electrons. The van der Waals surface area contributed by atoms with Gasteiger partial charge in [-0.25, -0.2) is 4.57 Å². The summed E-state index contributed by atoms with van der Waals surface area (Å²) in [5.41, 5.74) is 0. The zero-order chi connectivity index (χ0) is 49.1. The molecule has 0 spiro atoms. The fraction of sp³-hybridized carbons (Fsp3) is 0.759. The van der Waals surface area contributed by atoms with Crippen molar-refractivity contribution in [2.24, 2.45) is 0 Å². The molecule has 0 amide bonds. The quantitative estimate of drug-likeness (QED) is 0.0147. The minimum atomic E-state index is -5.03. The van der Waals surface area contributed by atoms with Crippen LogP contribution >= 0.6 is 7.82 Å². The van der Waals surface area contributed by atoms with Gasteiger partial charge in [0.2, 0.25) is 0 Å². The van der Waals surface area contributed by atoms with E-state index in [9.17, 15) is 39.8 Å². The third-order valence-electron chi connectivity index (χ3n) is 11.8. The van der Waals surface area contributed by atoms with Crippen LogP contribution < -0.4 is 0 Å². The highest BCUT2D eigenvalue weighted by Crippen LogP contribution is 2.47. The van der Waals surface area contributed by atoms with Gasteiger partial charge in [-0.2, -0.15) is 0 Å². The second-order valence-corrected chi connectivity index (χ2v) is 19.4. The Morgan fingerprint density at radius 3 is 1.36 bits per heavy atom. The van der Waals surface area contributed by atoms with Gasteiger partial charge in [0.15, 0.2) is 0 Å². The lowest BCUT2D eigenvalue weighted by atomic mass is 9.85. The van der Waals surface area contributed by atoms with Gasteiger partial charge in [-0.3, -0.25) is 13.8 Å². The molecule has 6 atom stereocenters. The number of unbranched alkanes of at least 4 members (excludes halogenated alkanes) is 20. The minimum absolute atomic E-state index is 0.0899. The van der Waals surface area contributed by atoms with E-state index >= 15 is 0 Å². The van der Waals surface area contributed by atoms with Crippen LogP contribution in [0.4, 0.5) is 0 Å². The predicted octanol–water partition coefficient (Wildman–Crippen LogP) is 11.9. The van der Waals surface area contributed by atoms with Crippen LogP contribution in [-0.4, -0.2) is 98.9 Å². The van der Waals surface area contributed by atoms with Gasteiger partial charge in [0, 0.05) is 13.0 Å². The Hall–Kier alpha value is -2.22. The van der Waals surface area contributed by atoms with E-state index in [4.69, 9.17) is 18.5 Å². The molecule has 0 heterocycles. The van der Waals surface area contributed by atoms with Gasteiger partial charge in [-0.1, -0.05) is 183 Å². The molecule has 0 aromatic carbocycles. The second-order valence-electron chi connectivity index (χ2n) is 18.0. The summed E-state index contributed by atoms with van der Waals surface area (Å²) in [4.78, 5) is 23.3. The van der Waals surface area contributed by atoms with Crippen LogP contribution in [0, 0.1) is 0 Å². The number of hydrogen-bond donors (Lipinski definition) is 6. The Morgan fingerprint density at radius 2 is 0.881 bits per heavy atom. The zero-order valence-corrected chi connectivity index (χ0v) is 42.6. The third kappa shape index (κ3) is 35.5. The number of esters is 1. The first-order valence-electron chi connectivity index (χ1n) is 26.3. The van der Waals surface area contributed by atoms with Crippen molar-refractivity contribution in [1.82, 2.24) is 0 Å². The van der Waals surface area contributed by atoms with Crippen molar-refractivity contribution < 1.29 is 58.3 Å². The monoisotopic (exact) mass is 967 g/mol. The average Bonchev–Trinajstić information content (AvgIpc) is 3.31. The van der Waals surface area contributed by atoms with Crippen molar-refractivity contribution in [3.8, 4) is 0 Å². The molecular weight excluding hydrogens is 872 g/mol. The van der Waals surface area contributed by atoms with Crippen molar-refractivity contribution in [2.75, 3.05) is 19.8 Å². The third-order valence-corrected chi connectivity index (χ3v) is 12.8. The molecule has 0 aromatic heterocycles. The lowest BCUT2D eigenvalue weighted by Gasteiger charge is -2.41. The fourth-order valence-corrected chi connectivity index (χ4v) is 8.64. The van der Waals surface area contributed by atoms with E-state index in [-0.39, 0.29) is 13.0 Å². The number of carbonyl (C=O) groups excluding carboxylic acids is 1. The highest BCUT2D eigenvalue weighted by atomic mass is 31.2. The fourth-order valence-electron chi connectivity index (χ4n) is 7.67. The van der Waals surface area contributed by atoms with Gasteiger partial charge in [0.05, 0.1) is 13.2 Å². The molecule has 0 radical (unpaired) electrons. The summed E-state index contributed by atoms with van der Waals surface area (Å²) >= 11 is 0. The molecule has 0 aliphatic heterocycles. The smallest absolute Gasteiger partial charge is 0.457 e. The van der Waals surface area contributed by atoms with Gasteiger partial charge < -0.3 is 39.9 Å². The van der Waals surface area contributed by atoms with E-state index in [1.807, 2.05) is 0 Å². The molecule has 67 heavy (non-hydrogen) atoms. The molecule has 1 fully saturated rings. The number of aliphatic hydroxyl groups excluding tert-OH is 5. The largest absolute Gasteiger partial charge is 0.472 e. The summed E-state index contributed by atoms with van der Waals surface area (Å²) in [6.45, 7) is 4.13. The molecule has 0 saturated heterocycles. The van der Waals surface area contributed by atoms with Crippen molar-refractivity contribution in [3.05, 3.63) is 72.9 Å². The van der Waals surface area contributed by atoms with Crippen LogP contribution in [-0.2, 0) is 27.9 Å². The Morgan fingerprint density at radius 1 is 0.493 bits per heavy atom. The summed E-state index contributed by atoms with van der Waals surface area (Å²) in [6, 6.07) is 0. The minimum Gasteiger partial charge on any atom is -0.457 e. The van der Waals surface area contributed by atoms with Gasteiger partial charge in [0.25, 0.3) is 0 Å². The summed E-state index contributed by atoms with van der Waals surface area (Å²) in [5.74, 6) is -0.498. The standard InChI is InChI=1S/C54H95O12P/c1-3-5-7-9-11-13-15-17-19-21-23-24-25-27-29-31-33-35-37-39-41-43-48(55)65-47(46-64-67(61,62)66-54-52(59)50(57)49(56)51(58)53(54)60)45-63-44-42-40-38-36-34-32-30-28-26-22-20-18-16-14-12-10-8-6-4-2/h5,7,11,13,17,19-20,22-24,27,29,47,49-54,56-60H,3-4,6,8-10,12,14-16,18,21,25-26,28,30-46H2,1-2H3,(H,61,62)/b7-5-,13-11-,19-17-,22-20-,24-23-,29-27-. The summed E-state index contributed by atoms with van der Waals surface area (Å²) in [6.07, 6.45) is 45.3. The van der Waals surface area contributed by atoms with E-state index < -0.39 is 63.1 Å². The lowest BCUT2D eigenvalue weighted by Crippen LogP contribution is -2.64. The van der Waals surface area contributed by atoms with Gasteiger partial charge in [-0.05, 0) is 83.5 Å². The van der Waals surface area contributed by atoms with Gasteiger partial charge in [0.1, 0.15) is 42.7 Å². The molecule has 1 rings (SSSR count). The number of carbonyl (C=O) groups is 1. The van der Waals surface area contributed by atoms with Crippen LogP contribution in [0.15, 0.2) is 72.9 Å². The van der Waals surface area contributed by atoms with Crippen LogP contribution in [0.1, 0.15) is 200 Å². The highest BCUT2D eigenvalue weighted by Gasteiger charge is 2.51. The summed E-state index contributed by atoms with van der Waals surface area (Å²) in [5, 5.41) is 50.3. The Bertz CT molecular complexity index is 1380. The molecule has 6 N–H and O–H groups in total. The topological polar surface area (TPSA) is 192 Å². The Balaban J connectivity index is 2.36. The first kappa shape index (κ1) is 62.8. The van der Waals surface area contributed by atoms with Crippen LogP contribution in [0.5, 0.6) is 0 Å². The molecule has 1 saturated carbocycles. The van der Waals surface area contributed by atoms with Gasteiger partial charge >= 0.3 is 13.8 Å². The van der Waals surface area contributed by atoms with Crippen LogP contribution in [0.3, 0.4) is 0 Å². The maximum absolute atomic E-state index is 12.9. The number of phosphoric ester groups is 1. The molecule has 1 aliphatic rings. The van der Waals surface area contributed by atoms with Crippen LogP contribution in [0.2, 0.25) is 0 Å². The Labute approximate surface area is 406 Å². The van der Waals surface area contributed by atoms with E-state index in [0.29, 0.717) is 13.0 Å². The first-order valence-corrected chi connectivity index (χ1v) is 27.8.